The Morgan fingerprint density at radius 1 is 1.29 bits per heavy atom. The van der Waals surface area contributed by atoms with Crippen molar-refractivity contribution in [3.8, 4) is 0 Å². The van der Waals surface area contributed by atoms with Gasteiger partial charge in [-0.1, -0.05) is 6.42 Å². The second kappa shape index (κ2) is 5.38. The van der Waals surface area contributed by atoms with E-state index >= 15 is 0 Å². The Labute approximate surface area is 91.1 Å². The van der Waals surface area contributed by atoms with E-state index in [1.807, 2.05) is 11.8 Å². The van der Waals surface area contributed by atoms with Gasteiger partial charge in [0.2, 0.25) is 0 Å². The van der Waals surface area contributed by atoms with Crippen LogP contribution in [0.15, 0.2) is 0 Å². The molecule has 2 saturated heterocycles. The number of hydrogen-bond acceptors (Lipinski definition) is 3. The summed E-state index contributed by atoms with van der Waals surface area (Å²) in [5, 5.41) is 10.0. The summed E-state index contributed by atoms with van der Waals surface area (Å²) >= 11 is 1.99. The largest absolute Gasteiger partial charge is 0.391 e. The second-order valence-electron chi connectivity index (χ2n) is 4.55. The first kappa shape index (κ1) is 10.8. The minimum Gasteiger partial charge on any atom is -0.391 e. The zero-order chi connectivity index (χ0) is 9.80. The van der Waals surface area contributed by atoms with Crippen LogP contribution in [0.5, 0.6) is 0 Å². The summed E-state index contributed by atoms with van der Waals surface area (Å²) in [6.07, 6.45) is 5.19. The maximum absolute atomic E-state index is 10.0. The average molecular weight is 215 g/mol. The van der Waals surface area contributed by atoms with Crippen molar-refractivity contribution in [1.82, 2.24) is 4.90 Å². The van der Waals surface area contributed by atoms with Gasteiger partial charge in [-0.25, -0.2) is 0 Å². The van der Waals surface area contributed by atoms with E-state index in [1.165, 1.54) is 50.3 Å². The molecule has 0 saturated carbocycles. The molecule has 2 atom stereocenters. The van der Waals surface area contributed by atoms with Crippen molar-refractivity contribution in [3.05, 3.63) is 0 Å². The Hall–Kier alpha value is 0.270. The van der Waals surface area contributed by atoms with Crippen molar-refractivity contribution in [1.29, 1.82) is 0 Å². The zero-order valence-corrected chi connectivity index (χ0v) is 9.64. The molecular formula is C11H21NOS. The summed E-state index contributed by atoms with van der Waals surface area (Å²) in [6, 6.07) is 0. The number of aliphatic hydroxyl groups is 1. The molecule has 82 valence electrons. The minimum atomic E-state index is -0.0666. The Balaban J connectivity index is 1.72. The molecule has 0 aromatic heterocycles. The van der Waals surface area contributed by atoms with E-state index < -0.39 is 0 Å². The maximum atomic E-state index is 10.0. The first-order chi connectivity index (χ1) is 6.86. The van der Waals surface area contributed by atoms with Crippen LogP contribution in [-0.2, 0) is 0 Å². The molecule has 2 nitrogen and oxygen atoms in total. The minimum absolute atomic E-state index is 0.0666. The van der Waals surface area contributed by atoms with Gasteiger partial charge in [-0.15, -0.1) is 0 Å². The van der Waals surface area contributed by atoms with Crippen molar-refractivity contribution < 1.29 is 5.11 Å². The van der Waals surface area contributed by atoms with Crippen LogP contribution in [0.25, 0.3) is 0 Å². The fraction of sp³-hybridized carbons (Fsp3) is 1.00. The fourth-order valence-corrected chi connectivity index (χ4v) is 3.74. The smallest absolute Gasteiger partial charge is 0.0703 e. The molecule has 1 N–H and O–H groups in total. The van der Waals surface area contributed by atoms with E-state index in [0.29, 0.717) is 5.92 Å². The molecule has 2 aliphatic rings. The lowest BCUT2D eigenvalue weighted by molar-refractivity contribution is 0.0650. The highest BCUT2D eigenvalue weighted by molar-refractivity contribution is 7.99. The highest BCUT2D eigenvalue weighted by atomic mass is 32.2. The van der Waals surface area contributed by atoms with Gasteiger partial charge in [0.15, 0.2) is 0 Å². The Bertz CT molecular complexity index is 165. The average Bonchev–Trinajstić information content (AvgIpc) is 2.72. The molecule has 0 aromatic rings. The standard InChI is InChI=1S/C11H21NOS/c13-11(10-4-7-14-9-10)8-12-5-2-1-3-6-12/h10-11,13H,1-9H2. The van der Waals surface area contributed by atoms with Crippen molar-refractivity contribution in [3.63, 3.8) is 0 Å². The molecule has 0 spiro atoms. The second-order valence-corrected chi connectivity index (χ2v) is 5.70. The summed E-state index contributed by atoms with van der Waals surface area (Å²) in [7, 11) is 0. The number of aliphatic hydroxyl groups excluding tert-OH is 1. The third kappa shape index (κ3) is 2.88. The van der Waals surface area contributed by atoms with E-state index in [1.54, 1.807) is 0 Å². The molecule has 0 amide bonds. The number of rotatable bonds is 3. The summed E-state index contributed by atoms with van der Waals surface area (Å²) in [6.45, 7) is 3.33. The molecule has 2 fully saturated rings. The first-order valence-electron chi connectivity index (χ1n) is 5.84. The van der Waals surface area contributed by atoms with Gasteiger partial charge in [0.05, 0.1) is 6.10 Å². The summed E-state index contributed by atoms with van der Waals surface area (Å²) < 4.78 is 0. The van der Waals surface area contributed by atoms with E-state index in [4.69, 9.17) is 0 Å². The number of hydrogen-bond donors (Lipinski definition) is 1. The highest BCUT2D eigenvalue weighted by Crippen LogP contribution is 2.26. The van der Waals surface area contributed by atoms with Gasteiger partial charge in [-0.3, -0.25) is 0 Å². The van der Waals surface area contributed by atoms with Crippen molar-refractivity contribution in [2.24, 2.45) is 5.92 Å². The van der Waals surface area contributed by atoms with Gasteiger partial charge in [-0.05, 0) is 49.8 Å². The zero-order valence-electron chi connectivity index (χ0n) is 8.82. The van der Waals surface area contributed by atoms with Crippen molar-refractivity contribution in [2.75, 3.05) is 31.1 Å². The predicted octanol–water partition coefficient (Wildman–Crippen LogP) is 1.59. The van der Waals surface area contributed by atoms with Crippen molar-refractivity contribution >= 4 is 11.8 Å². The molecule has 0 bridgehead atoms. The van der Waals surface area contributed by atoms with Gasteiger partial charge in [0, 0.05) is 6.54 Å². The van der Waals surface area contributed by atoms with Crippen LogP contribution in [0.4, 0.5) is 0 Å². The van der Waals surface area contributed by atoms with Crippen LogP contribution in [0.1, 0.15) is 25.7 Å². The monoisotopic (exact) mass is 215 g/mol. The Morgan fingerprint density at radius 2 is 2.07 bits per heavy atom. The Morgan fingerprint density at radius 3 is 2.71 bits per heavy atom. The van der Waals surface area contributed by atoms with Crippen LogP contribution in [0.2, 0.25) is 0 Å². The molecule has 0 aliphatic carbocycles. The lowest BCUT2D eigenvalue weighted by atomic mass is 10.0. The Kier molecular flexibility index (Phi) is 4.14. The van der Waals surface area contributed by atoms with Crippen LogP contribution < -0.4 is 0 Å². The van der Waals surface area contributed by atoms with Gasteiger partial charge >= 0.3 is 0 Å². The van der Waals surface area contributed by atoms with Crippen LogP contribution in [0, 0.1) is 5.92 Å². The quantitative estimate of drug-likeness (QED) is 0.773. The van der Waals surface area contributed by atoms with Crippen LogP contribution >= 0.6 is 11.8 Å². The van der Waals surface area contributed by atoms with Gasteiger partial charge in [0.1, 0.15) is 0 Å². The lowest BCUT2D eigenvalue weighted by Crippen LogP contribution is -2.39. The van der Waals surface area contributed by atoms with Gasteiger partial charge < -0.3 is 10.0 Å². The molecule has 2 rings (SSSR count). The van der Waals surface area contributed by atoms with Gasteiger partial charge in [-0.2, -0.15) is 11.8 Å². The molecule has 0 aromatic carbocycles. The summed E-state index contributed by atoms with van der Waals surface area (Å²) in [5.74, 6) is 3.00. The number of β-amino-alcohol motifs (C(OH)–C–C–N with tert-alkyl or cyclic N) is 1. The van der Waals surface area contributed by atoms with E-state index in [2.05, 4.69) is 4.90 Å². The third-order valence-electron chi connectivity index (χ3n) is 3.40. The maximum Gasteiger partial charge on any atom is 0.0703 e. The highest BCUT2D eigenvalue weighted by Gasteiger charge is 2.25. The molecule has 14 heavy (non-hydrogen) atoms. The van der Waals surface area contributed by atoms with E-state index in [9.17, 15) is 5.11 Å². The molecular weight excluding hydrogens is 194 g/mol. The van der Waals surface area contributed by atoms with E-state index in [-0.39, 0.29) is 6.10 Å². The SMILES string of the molecule is OC(CN1CCCCC1)C1CCSC1. The first-order valence-corrected chi connectivity index (χ1v) is 7.00. The van der Waals surface area contributed by atoms with Gasteiger partial charge in [0.25, 0.3) is 0 Å². The topological polar surface area (TPSA) is 23.5 Å². The fourth-order valence-electron chi connectivity index (χ4n) is 2.41. The lowest BCUT2D eigenvalue weighted by Gasteiger charge is -2.30. The number of likely N-dealkylation sites (tertiary alicyclic amines) is 1. The van der Waals surface area contributed by atoms with Crippen molar-refractivity contribution in [2.45, 2.75) is 31.8 Å². The van der Waals surface area contributed by atoms with Crippen LogP contribution in [0.3, 0.4) is 0 Å². The number of piperidine rings is 1. The molecule has 2 heterocycles. The predicted molar refractivity (Wildman–Crippen MR) is 61.7 cm³/mol. The van der Waals surface area contributed by atoms with E-state index in [0.717, 1.165) is 6.54 Å². The molecule has 3 heteroatoms. The summed E-state index contributed by atoms with van der Waals surface area (Å²) in [4.78, 5) is 2.44. The summed E-state index contributed by atoms with van der Waals surface area (Å²) in [5.41, 5.74) is 0. The van der Waals surface area contributed by atoms with Crippen LogP contribution in [-0.4, -0.2) is 47.3 Å². The number of thioether (sulfide) groups is 1. The molecule has 2 unspecified atom stereocenters. The third-order valence-corrected chi connectivity index (χ3v) is 4.59. The normalized spacial score (nSPS) is 31.9. The molecule has 2 aliphatic heterocycles. The molecule has 0 radical (unpaired) electrons. The number of nitrogens with zero attached hydrogens (tertiary/aromatic N) is 1.